The van der Waals surface area contributed by atoms with Crippen molar-refractivity contribution in [1.82, 2.24) is 9.97 Å². The topological polar surface area (TPSA) is 72.3 Å². The summed E-state index contributed by atoms with van der Waals surface area (Å²) >= 11 is 0. The lowest BCUT2D eigenvalue weighted by Crippen LogP contribution is -2.04. The fourth-order valence-electron chi connectivity index (χ4n) is 1.76. The molecule has 0 aromatic carbocycles. The van der Waals surface area contributed by atoms with Gasteiger partial charge in [0.2, 0.25) is 5.88 Å². The molecule has 0 fully saturated rings. The summed E-state index contributed by atoms with van der Waals surface area (Å²) in [4.78, 5) is 19.0. The third-order valence-electron chi connectivity index (χ3n) is 2.49. The fraction of sp³-hybridized carbons (Fsp3) is 0.154. The van der Waals surface area contributed by atoms with Gasteiger partial charge in [-0.15, -0.1) is 0 Å². The summed E-state index contributed by atoms with van der Waals surface area (Å²) < 4.78 is 5.19. The van der Waals surface area contributed by atoms with Gasteiger partial charge in [-0.25, -0.2) is 4.98 Å². The number of rotatable bonds is 4. The minimum Gasteiger partial charge on any atom is -0.481 e. The normalized spacial score (nSPS) is 10.1. The van der Waals surface area contributed by atoms with Crippen molar-refractivity contribution in [3.05, 3.63) is 42.4 Å². The van der Waals surface area contributed by atoms with E-state index in [1.807, 2.05) is 6.07 Å². The number of carboxylic acid groups (broad SMARTS) is 1. The lowest BCUT2D eigenvalue weighted by Gasteiger charge is -2.11. The first-order chi connectivity index (χ1) is 8.72. The molecule has 0 saturated heterocycles. The Morgan fingerprint density at radius 1 is 1.39 bits per heavy atom. The largest absolute Gasteiger partial charge is 0.481 e. The van der Waals surface area contributed by atoms with Gasteiger partial charge in [-0.05, 0) is 17.7 Å². The van der Waals surface area contributed by atoms with Gasteiger partial charge in [0.25, 0.3) is 0 Å². The van der Waals surface area contributed by atoms with Crippen molar-refractivity contribution < 1.29 is 14.6 Å². The van der Waals surface area contributed by atoms with Crippen LogP contribution in [0.4, 0.5) is 0 Å². The monoisotopic (exact) mass is 244 g/mol. The first-order valence-electron chi connectivity index (χ1n) is 5.36. The molecule has 2 aromatic rings. The molecule has 0 aliphatic carbocycles. The van der Waals surface area contributed by atoms with Gasteiger partial charge in [-0.2, -0.15) is 0 Å². The van der Waals surface area contributed by atoms with E-state index in [2.05, 4.69) is 9.97 Å². The molecule has 18 heavy (non-hydrogen) atoms. The van der Waals surface area contributed by atoms with Crippen LogP contribution >= 0.6 is 0 Å². The van der Waals surface area contributed by atoms with Gasteiger partial charge >= 0.3 is 5.97 Å². The van der Waals surface area contributed by atoms with Crippen LogP contribution in [0.25, 0.3) is 11.1 Å². The average Bonchev–Trinajstić information content (AvgIpc) is 2.38. The van der Waals surface area contributed by atoms with Crippen LogP contribution < -0.4 is 4.74 Å². The van der Waals surface area contributed by atoms with E-state index in [0.717, 1.165) is 5.56 Å². The predicted octanol–water partition coefficient (Wildman–Crippen LogP) is 1.78. The molecule has 0 aliphatic heterocycles. The Balaban J connectivity index is 2.58. The zero-order valence-corrected chi connectivity index (χ0v) is 9.83. The molecule has 0 unspecified atom stereocenters. The maximum absolute atomic E-state index is 10.9. The van der Waals surface area contributed by atoms with Crippen LogP contribution in [-0.4, -0.2) is 28.2 Å². The molecule has 2 rings (SSSR count). The number of nitrogens with zero attached hydrogens (tertiary/aromatic N) is 2. The molecule has 0 saturated carbocycles. The first-order valence-corrected chi connectivity index (χ1v) is 5.36. The van der Waals surface area contributed by atoms with Crippen molar-refractivity contribution in [1.29, 1.82) is 0 Å². The second kappa shape index (κ2) is 5.27. The van der Waals surface area contributed by atoms with Gasteiger partial charge in [-0.1, -0.05) is 6.07 Å². The van der Waals surface area contributed by atoms with Crippen molar-refractivity contribution in [3.8, 4) is 17.0 Å². The molecule has 0 amide bonds. The number of aromatic nitrogens is 2. The van der Waals surface area contributed by atoms with Crippen molar-refractivity contribution in [2.45, 2.75) is 6.42 Å². The molecular formula is C13H12N2O3. The quantitative estimate of drug-likeness (QED) is 0.887. The molecular weight excluding hydrogens is 232 g/mol. The van der Waals surface area contributed by atoms with E-state index < -0.39 is 5.97 Å². The smallest absolute Gasteiger partial charge is 0.307 e. The van der Waals surface area contributed by atoms with Crippen molar-refractivity contribution in [2.75, 3.05) is 7.11 Å². The predicted molar refractivity (Wildman–Crippen MR) is 65.4 cm³/mol. The lowest BCUT2D eigenvalue weighted by molar-refractivity contribution is -0.136. The summed E-state index contributed by atoms with van der Waals surface area (Å²) in [5, 5.41) is 8.93. The molecule has 2 aromatic heterocycles. The van der Waals surface area contributed by atoms with Crippen molar-refractivity contribution in [2.24, 2.45) is 0 Å². The Morgan fingerprint density at radius 2 is 2.22 bits per heavy atom. The van der Waals surface area contributed by atoms with E-state index >= 15 is 0 Å². The van der Waals surface area contributed by atoms with Crippen molar-refractivity contribution in [3.63, 3.8) is 0 Å². The summed E-state index contributed by atoms with van der Waals surface area (Å²) in [7, 11) is 1.51. The highest BCUT2D eigenvalue weighted by Crippen LogP contribution is 2.31. The van der Waals surface area contributed by atoms with E-state index in [1.54, 1.807) is 24.5 Å². The second-order valence-corrected chi connectivity index (χ2v) is 3.67. The molecule has 92 valence electrons. The minimum atomic E-state index is -0.895. The third kappa shape index (κ3) is 2.45. The van der Waals surface area contributed by atoms with Gasteiger partial charge in [-0.3, -0.25) is 9.78 Å². The summed E-state index contributed by atoms with van der Waals surface area (Å²) in [6.45, 7) is 0. The van der Waals surface area contributed by atoms with Gasteiger partial charge in [0.05, 0.1) is 13.5 Å². The van der Waals surface area contributed by atoms with Crippen LogP contribution in [0, 0.1) is 0 Å². The van der Waals surface area contributed by atoms with E-state index in [1.165, 1.54) is 13.3 Å². The number of aliphatic carboxylic acids is 1. The van der Waals surface area contributed by atoms with Gasteiger partial charge < -0.3 is 9.84 Å². The minimum absolute atomic E-state index is 0.0803. The highest BCUT2D eigenvalue weighted by molar-refractivity contribution is 5.78. The summed E-state index contributed by atoms with van der Waals surface area (Å²) in [6, 6.07) is 5.31. The number of hydrogen-bond donors (Lipinski definition) is 1. The van der Waals surface area contributed by atoms with Gasteiger partial charge in [0, 0.05) is 29.7 Å². The molecule has 0 bridgehead atoms. The van der Waals surface area contributed by atoms with E-state index in [0.29, 0.717) is 17.0 Å². The Hall–Kier alpha value is -2.43. The van der Waals surface area contributed by atoms with Crippen molar-refractivity contribution >= 4 is 5.97 Å². The highest BCUT2D eigenvalue weighted by atomic mass is 16.5. The SMILES string of the molecule is COc1nccc(CC(=O)O)c1-c1cccnc1. The number of methoxy groups -OCH3 is 1. The second-order valence-electron chi connectivity index (χ2n) is 3.67. The number of pyridine rings is 2. The molecule has 2 heterocycles. The van der Waals surface area contributed by atoms with Gasteiger partial charge in [0.15, 0.2) is 0 Å². The fourth-order valence-corrected chi connectivity index (χ4v) is 1.76. The molecule has 0 radical (unpaired) electrons. The number of hydrogen-bond acceptors (Lipinski definition) is 4. The van der Waals surface area contributed by atoms with E-state index in [9.17, 15) is 4.79 Å². The standard InChI is InChI=1S/C13H12N2O3/c1-18-13-12(10-3-2-5-14-8-10)9(4-6-15-13)7-11(16)17/h2-6,8H,7H2,1H3,(H,16,17). The van der Waals surface area contributed by atoms with Crippen LogP contribution in [0.3, 0.4) is 0 Å². The molecule has 0 spiro atoms. The number of carboxylic acids is 1. The molecule has 0 aliphatic rings. The zero-order chi connectivity index (χ0) is 13.0. The van der Waals surface area contributed by atoms with Crippen LogP contribution in [0.1, 0.15) is 5.56 Å². The summed E-state index contributed by atoms with van der Waals surface area (Å²) in [6.07, 6.45) is 4.77. The molecule has 5 nitrogen and oxygen atoms in total. The maximum Gasteiger partial charge on any atom is 0.307 e. The molecule has 1 N–H and O–H groups in total. The lowest BCUT2D eigenvalue weighted by atomic mass is 10.0. The van der Waals surface area contributed by atoms with Gasteiger partial charge in [0.1, 0.15) is 0 Å². The van der Waals surface area contributed by atoms with Crippen LogP contribution in [0.15, 0.2) is 36.8 Å². The van der Waals surface area contributed by atoms with Crippen LogP contribution in [0.5, 0.6) is 5.88 Å². The number of carbonyl (C=O) groups is 1. The Labute approximate surface area is 104 Å². The average molecular weight is 244 g/mol. The molecule has 5 heteroatoms. The maximum atomic E-state index is 10.9. The van der Waals surface area contributed by atoms with Crippen LogP contribution in [-0.2, 0) is 11.2 Å². The summed E-state index contributed by atoms with van der Waals surface area (Å²) in [5.41, 5.74) is 2.12. The summed E-state index contributed by atoms with van der Waals surface area (Å²) in [5.74, 6) is -0.491. The Morgan fingerprint density at radius 3 is 2.83 bits per heavy atom. The van der Waals surface area contributed by atoms with E-state index in [4.69, 9.17) is 9.84 Å². The van der Waals surface area contributed by atoms with E-state index in [-0.39, 0.29) is 6.42 Å². The Kier molecular flexibility index (Phi) is 3.52. The highest BCUT2D eigenvalue weighted by Gasteiger charge is 2.14. The molecule has 0 atom stereocenters. The first kappa shape index (κ1) is 12.0. The zero-order valence-electron chi connectivity index (χ0n) is 9.83. The van der Waals surface area contributed by atoms with Crippen LogP contribution in [0.2, 0.25) is 0 Å². The number of ether oxygens (including phenoxy) is 1. The Bertz CT molecular complexity index is 555. The third-order valence-corrected chi connectivity index (χ3v) is 2.49.